The fourth-order valence-corrected chi connectivity index (χ4v) is 1.96. The van der Waals surface area contributed by atoms with Gasteiger partial charge in [-0.05, 0) is 56.9 Å². The van der Waals surface area contributed by atoms with Crippen LogP contribution in [0.25, 0.3) is 10.4 Å². The molecule has 0 aliphatic carbocycles. The van der Waals surface area contributed by atoms with Gasteiger partial charge in [0.05, 0.1) is 0 Å². The van der Waals surface area contributed by atoms with Crippen LogP contribution >= 0.6 is 0 Å². The van der Waals surface area contributed by atoms with Gasteiger partial charge in [0.1, 0.15) is 0 Å². The van der Waals surface area contributed by atoms with Gasteiger partial charge >= 0.3 is 0 Å². The second-order valence-corrected chi connectivity index (χ2v) is 5.51. The number of nitrogens with zero attached hydrogens (tertiary/aromatic N) is 3. The highest BCUT2D eigenvalue weighted by atomic mass is 15.1. The van der Waals surface area contributed by atoms with Crippen molar-refractivity contribution in [3.05, 3.63) is 83.4 Å². The molecule has 25 heavy (non-hydrogen) atoms. The molecule has 0 rings (SSSR count). The first kappa shape index (κ1) is 22.8. The van der Waals surface area contributed by atoms with Crippen LogP contribution in [0, 0.1) is 0 Å². The summed E-state index contributed by atoms with van der Waals surface area (Å²) in [5.41, 5.74) is 8.14. The summed E-state index contributed by atoms with van der Waals surface area (Å²) in [7, 11) is 0. The molecule has 3 heteroatoms. The molecule has 3 nitrogen and oxygen atoms in total. The van der Waals surface area contributed by atoms with Crippen LogP contribution in [0.15, 0.2) is 78.0 Å². The molecular formula is C22H33N3. The number of rotatable bonds is 15. The molecule has 0 saturated heterocycles. The van der Waals surface area contributed by atoms with E-state index < -0.39 is 0 Å². The summed E-state index contributed by atoms with van der Waals surface area (Å²) in [6.07, 6.45) is 34.4. The molecule has 0 spiro atoms. The molecule has 0 aliphatic heterocycles. The molecule has 0 heterocycles. The molecule has 0 N–H and O–H groups in total. The van der Waals surface area contributed by atoms with Crippen LogP contribution in [0.2, 0.25) is 0 Å². The van der Waals surface area contributed by atoms with Crippen molar-refractivity contribution in [2.24, 2.45) is 5.11 Å². The van der Waals surface area contributed by atoms with Gasteiger partial charge in [0.15, 0.2) is 0 Å². The van der Waals surface area contributed by atoms with E-state index in [0.29, 0.717) is 6.54 Å². The number of allylic oxidation sites excluding steroid dienone is 12. The van der Waals surface area contributed by atoms with Crippen molar-refractivity contribution < 1.29 is 0 Å². The Morgan fingerprint density at radius 3 is 1.44 bits per heavy atom. The largest absolute Gasteiger partial charge is 0.0940 e. The predicted octanol–water partition coefficient (Wildman–Crippen LogP) is 7.77. The molecule has 0 aromatic carbocycles. The summed E-state index contributed by atoms with van der Waals surface area (Å²) in [4.78, 5) is 2.73. The van der Waals surface area contributed by atoms with Crippen LogP contribution in [-0.4, -0.2) is 6.54 Å². The van der Waals surface area contributed by atoms with E-state index in [1.165, 1.54) is 0 Å². The minimum atomic E-state index is 0.586. The van der Waals surface area contributed by atoms with Gasteiger partial charge in [-0.1, -0.05) is 85.0 Å². The molecule has 0 bridgehead atoms. The first-order valence-electron chi connectivity index (χ1n) is 9.32. The topological polar surface area (TPSA) is 48.8 Å². The Labute approximate surface area is 153 Å². The lowest BCUT2D eigenvalue weighted by Gasteiger charge is -1.88. The lowest BCUT2D eigenvalue weighted by molar-refractivity contribution is 0.847. The van der Waals surface area contributed by atoms with Crippen LogP contribution in [0.5, 0.6) is 0 Å². The Kier molecular flexibility index (Phi) is 19.8. The van der Waals surface area contributed by atoms with Crippen molar-refractivity contribution in [3.63, 3.8) is 0 Å². The van der Waals surface area contributed by atoms with Crippen molar-refractivity contribution >= 4 is 0 Å². The number of hydrogen-bond donors (Lipinski definition) is 0. The summed E-state index contributed by atoms with van der Waals surface area (Å²) >= 11 is 0. The molecule has 0 unspecified atom stereocenters. The van der Waals surface area contributed by atoms with E-state index in [1.807, 2.05) is 0 Å². The van der Waals surface area contributed by atoms with Gasteiger partial charge in [-0.15, -0.1) is 0 Å². The third-order valence-corrected chi connectivity index (χ3v) is 3.29. The van der Waals surface area contributed by atoms with Crippen molar-refractivity contribution in [2.45, 2.75) is 58.3 Å². The molecule has 0 aromatic heterocycles. The molecule has 0 saturated carbocycles. The highest BCUT2D eigenvalue weighted by molar-refractivity contribution is 5.01. The summed E-state index contributed by atoms with van der Waals surface area (Å²) in [5, 5.41) is 3.50. The predicted molar refractivity (Wildman–Crippen MR) is 111 cm³/mol. The van der Waals surface area contributed by atoms with Crippen LogP contribution in [-0.2, 0) is 0 Å². The minimum Gasteiger partial charge on any atom is -0.0940 e. The Balaban J connectivity index is 3.50. The molecular weight excluding hydrogens is 306 g/mol. The second-order valence-electron chi connectivity index (χ2n) is 5.51. The maximum absolute atomic E-state index is 8.14. The van der Waals surface area contributed by atoms with E-state index in [1.54, 1.807) is 0 Å². The van der Waals surface area contributed by atoms with Gasteiger partial charge in [0, 0.05) is 11.5 Å². The Morgan fingerprint density at radius 1 is 0.640 bits per heavy atom. The highest BCUT2D eigenvalue weighted by Crippen LogP contribution is 1.97. The number of azide groups is 1. The summed E-state index contributed by atoms with van der Waals surface area (Å²) < 4.78 is 0. The Hall–Kier alpha value is -2.25. The summed E-state index contributed by atoms with van der Waals surface area (Å²) in [5.74, 6) is 0. The second kappa shape index (κ2) is 21.8. The maximum atomic E-state index is 8.14. The lowest BCUT2D eigenvalue weighted by Crippen LogP contribution is -1.75. The van der Waals surface area contributed by atoms with E-state index in [-0.39, 0.29) is 0 Å². The molecule has 0 aliphatic rings. The Morgan fingerprint density at radius 2 is 1.04 bits per heavy atom. The zero-order valence-corrected chi connectivity index (χ0v) is 15.6. The third kappa shape index (κ3) is 21.8. The van der Waals surface area contributed by atoms with Gasteiger partial charge in [0.2, 0.25) is 0 Å². The van der Waals surface area contributed by atoms with Gasteiger partial charge in [-0.25, -0.2) is 0 Å². The summed E-state index contributed by atoms with van der Waals surface area (Å²) in [6.45, 7) is 2.74. The van der Waals surface area contributed by atoms with E-state index >= 15 is 0 Å². The smallest absolute Gasteiger partial charge is 0.0260 e. The average Bonchev–Trinajstić information content (AvgIpc) is 2.63. The van der Waals surface area contributed by atoms with E-state index in [4.69, 9.17) is 5.53 Å². The number of hydrogen-bond acceptors (Lipinski definition) is 1. The van der Waals surface area contributed by atoms with Crippen molar-refractivity contribution in [1.82, 2.24) is 0 Å². The van der Waals surface area contributed by atoms with E-state index in [2.05, 4.69) is 89.9 Å². The molecule has 0 fully saturated rings. The van der Waals surface area contributed by atoms with Gasteiger partial charge < -0.3 is 0 Å². The molecule has 0 amide bonds. The minimum absolute atomic E-state index is 0.586. The van der Waals surface area contributed by atoms with Crippen molar-refractivity contribution in [1.29, 1.82) is 0 Å². The fraction of sp³-hybridized carbons (Fsp3) is 0.455. The van der Waals surface area contributed by atoms with Crippen LogP contribution in [0.1, 0.15) is 58.3 Å². The third-order valence-electron chi connectivity index (χ3n) is 3.29. The SMILES string of the molecule is CC/C=C\C/C=C\C/C=C\C/C=C\C/C=C\C/C=C\CCCN=[N+]=[N-]. The molecule has 0 atom stereocenters. The van der Waals surface area contributed by atoms with Crippen LogP contribution < -0.4 is 0 Å². The van der Waals surface area contributed by atoms with Gasteiger partial charge in [-0.3, -0.25) is 0 Å². The maximum Gasteiger partial charge on any atom is 0.0260 e. The van der Waals surface area contributed by atoms with E-state index in [0.717, 1.165) is 51.4 Å². The molecule has 0 aromatic rings. The zero-order chi connectivity index (χ0) is 18.3. The molecule has 0 radical (unpaired) electrons. The monoisotopic (exact) mass is 339 g/mol. The first-order valence-corrected chi connectivity index (χ1v) is 9.32. The summed E-state index contributed by atoms with van der Waals surface area (Å²) in [6, 6.07) is 0. The average molecular weight is 340 g/mol. The van der Waals surface area contributed by atoms with Crippen LogP contribution in [0.4, 0.5) is 0 Å². The normalized spacial score (nSPS) is 12.7. The lowest BCUT2D eigenvalue weighted by atomic mass is 10.2. The van der Waals surface area contributed by atoms with Crippen molar-refractivity contribution in [2.75, 3.05) is 6.54 Å². The quantitative estimate of drug-likeness (QED) is 0.0961. The van der Waals surface area contributed by atoms with Gasteiger partial charge in [0.25, 0.3) is 0 Å². The Bertz CT molecular complexity index is 501. The van der Waals surface area contributed by atoms with E-state index in [9.17, 15) is 0 Å². The fourth-order valence-electron chi connectivity index (χ4n) is 1.96. The van der Waals surface area contributed by atoms with Crippen LogP contribution in [0.3, 0.4) is 0 Å². The number of unbranched alkanes of at least 4 members (excludes halogenated alkanes) is 1. The van der Waals surface area contributed by atoms with Gasteiger partial charge in [-0.2, -0.15) is 0 Å². The van der Waals surface area contributed by atoms with Crippen molar-refractivity contribution in [3.8, 4) is 0 Å². The standard InChI is InChI=1S/C22H33N3/c1-2-3-4-5-6-7-8-9-10-11-12-13-14-15-16-17-18-19-20-21-22-24-25-23/h3-4,6-7,9-10,12-13,15-16,18-19H,2,5,8,11,14,17,20-22H2,1H3/b4-3-,7-6-,10-9-,13-12-,16-15-,19-18-. The zero-order valence-electron chi connectivity index (χ0n) is 15.6. The molecule has 136 valence electrons. The first-order chi connectivity index (χ1) is 12.4. The highest BCUT2D eigenvalue weighted by Gasteiger charge is 1.80.